The Hall–Kier alpha value is -1.87. The van der Waals surface area contributed by atoms with Crippen molar-refractivity contribution in [1.82, 2.24) is 9.62 Å². The highest BCUT2D eigenvalue weighted by atomic mass is 32.2. The maximum atomic E-state index is 11.7. The predicted molar refractivity (Wildman–Crippen MR) is 68.8 cm³/mol. The molecule has 0 aliphatic carbocycles. The molecule has 1 aromatic rings. The Morgan fingerprint density at radius 2 is 2.00 bits per heavy atom. The Bertz CT molecular complexity index is 590. The Balaban J connectivity index is 2.63. The molecule has 20 heavy (non-hydrogen) atoms. The van der Waals surface area contributed by atoms with E-state index < -0.39 is 21.9 Å². The van der Waals surface area contributed by atoms with Crippen LogP contribution in [0.5, 0.6) is 0 Å². The van der Waals surface area contributed by atoms with Gasteiger partial charge in [0.2, 0.25) is 5.09 Å². The summed E-state index contributed by atoms with van der Waals surface area (Å²) in [4.78, 5) is 21.9. The van der Waals surface area contributed by atoms with Crippen LogP contribution in [0.15, 0.2) is 21.6 Å². The summed E-state index contributed by atoms with van der Waals surface area (Å²) in [7, 11) is -1.02. The number of nitrogens with one attached hydrogen (secondary N) is 1. The second-order valence-corrected chi connectivity index (χ2v) is 6.24. The standard InChI is InChI=1S/C11H16N2O6S/c1-13(2)20(17,18)10-6-5-8(19-10)11(16)12-7-3-4-9(14)15/h5-6H,3-4,7H2,1-2H3,(H,12,16)(H,14,15). The lowest BCUT2D eigenvalue weighted by atomic mass is 10.3. The molecule has 0 aromatic carbocycles. The lowest BCUT2D eigenvalue weighted by molar-refractivity contribution is -0.137. The first-order chi connectivity index (χ1) is 9.25. The van der Waals surface area contributed by atoms with Crippen molar-refractivity contribution in [2.24, 2.45) is 0 Å². The van der Waals surface area contributed by atoms with Crippen molar-refractivity contribution in [2.75, 3.05) is 20.6 Å². The van der Waals surface area contributed by atoms with E-state index in [9.17, 15) is 18.0 Å². The van der Waals surface area contributed by atoms with Gasteiger partial charge in [0, 0.05) is 27.1 Å². The van der Waals surface area contributed by atoms with Gasteiger partial charge in [-0.2, -0.15) is 0 Å². The van der Waals surface area contributed by atoms with Crippen LogP contribution in [0.4, 0.5) is 0 Å². The highest BCUT2D eigenvalue weighted by Gasteiger charge is 2.23. The molecule has 8 nitrogen and oxygen atoms in total. The largest absolute Gasteiger partial charge is 0.481 e. The van der Waals surface area contributed by atoms with E-state index in [4.69, 9.17) is 9.52 Å². The van der Waals surface area contributed by atoms with Gasteiger partial charge in [-0.3, -0.25) is 9.59 Å². The maximum absolute atomic E-state index is 11.7. The Kier molecular flexibility index (Phi) is 5.28. The molecule has 9 heteroatoms. The number of sulfonamides is 1. The summed E-state index contributed by atoms with van der Waals surface area (Å²) in [5, 5.41) is 10.6. The van der Waals surface area contributed by atoms with Gasteiger partial charge in [0.05, 0.1) is 0 Å². The first kappa shape index (κ1) is 16.2. The van der Waals surface area contributed by atoms with Crippen molar-refractivity contribution < 1.29 is 27.5 Å². The molecule has 1 rings (SSSR count). The number of carboxylic acids is 1. The molecule has 1 heterocycles. The zero-order valence-corrected chi connectivity index (χ0v) is 11.9. The molecule has 0 spiro atoms. The minimum absolute atomic E-state index is 0.0569. The summed E-state index contributed by atoms with van der Waals surface area (Å²) in [6.45, 7) is 0.168. The number of carbonyl (C=O) groups is 2. The van der Waals surface area contributed by atoms with Gasteiger partial charge in [0.15, 0.2) is 5.76 Å². The van der Waals surface area contributed by atoms with E-state index in [1.807, 2.05) is 0 Å². The normalized spacial score (nSPS) is 11.6. The van der Waals surface area contributed by atoms with Gasteiger partial charge in [-0.15, -0.1) is 0 Å². The van der Waals surface area contributed by atoms with E-state index in [1.165, 1.54) is 26.2 Å². The van der Waals surface area contributed by atoms with Gasteiger partial charge >= 0.3 is 5.97 Å². The predicted octanol–water partition coefficient (Wildman–Crippen LogP) is 0.124. The van der Waals surface area contributed by atoms with Gasteiger partial charge in [0.25, 0.3) is 15.9 Å². The molecule has 112 valence electrons. The molecule has 0 bridgehead atoms. The monoisotopic (exact) mass is 304 g/mol. The quantitative estimate of drug-likeness (QED) is 0.691. The van der Waals surface area contributed by atoms with Crippen LogP contribution >= 0.6 is 0 Å². The van der Waals surface area contributed by atoms with Gasteiger partial charge in [0.1, 0.15) is 0 Å². The van der Waals surface area contributed by atoms with Crippen molar-refractivity contribution in [3.63, 3.8) is 0 Å². The number of hydrogen-bond donors (Lipinski definition) is 2. The van der Waals surface area contributed by atoms with E-state index in [2.05, 4.69) is 5.32 Å². The van der Waals surface area contributed by atoms with E-state index in [-0.39, 0.29) is 30.2 Å². The summed E-state index contributed by atoms with van der Waals surface area (Å²) < 4.78 is 29.4. The Morgan fingerprint density at radius 3 is 2.55 bits per heavy atom. The summed E-state index contributed by atoms with van der Waals surface area (Å²) in [5.41, 5.74) is 0. The van der Waals surface area contributed by atoms with Crippen LogP contribution < -0.4 is 5.32 Å². The number of furan rings is 1. The molecule has 0 atom stereocenters. The van der Waals surface area contributed by atoms with Crippen molar-refractivity contribution >= 4 is 21.9 Å². The van der Waals surface area contributed by atoms with E-state index in [0.29, 0.717) is 0 Å². The highest BCUT2D eigenvalue weighted by Crippen LogP contribution is 2.16. The zero-order valence-electron chi connectivity index (χ0n) is 11.1. The second kappa shape index (κ2) is 6.53. The minimum Gasteiger partial charge on any atom is -0.481 e. The number of carbonyl (C=O) groups excluding carboxylic acids is 1. The highest BCUT2D eigenvalue weighted by molar-refractivity contribution is 7.88. The van der Waals surface area contributed by atoms with Crippen molar-refractivity contribution in [2.45, 2.75) is 17.9 Å². The molecule has 0 radical (unpaired) electrons. The van der Waals surface area contributed by atoms with Crippen LogP contribution in [-0.2, 0) is 14.8 Å². The van der Waals surface area contributed by atoms with Crippen molar-refractivity contribution in [3.8, 4) is 0 Å². The van der Waals surface area contributed by atoms with Crippen LogP contribution in [0.3, 0.4) is 0 Å². The molecule has 1 aromatic heterocycles. The van der Waals surface area contributed by atoms with Crippen LogP contribution in [0.2, 0.25) is 0 Å². The summed E-state index contributed by atoms with van der Waals surface area (Å²) in [6, 6.07) is 2.45. The molecule has 0 fully saturated rings. The fourth-order valence-corrected chi connectivity index (χ4v) is 2.08. The molecule has 0 unspecified atom stereocenters. The maximum Gasteiger partial charge on any atom is 0.303 e. The van der Waals surface area contributed by atoms with Gasteiger partial charge in [-0.1, -0.05) is 0 Å². The first-order valence-corrected chi connectivity index (χ1v) is 7.21. The lowest BCUT2D eigenvalue weighted by Crippen LogP contribution is -2.24. The summed E-state index contributed by atoms with van der Waals surface area (Å²) in [6.07, 6.45) is 0.226. The number of nitrogens with zero attached hydrogens (tertiary/aromatic N) is 1. The topological polar surface area (TPSA) is 117 Å². The van der Waals surface area contributed by atoms with E-state index in [1.54, 1.807) is 0 Å². The average Bonchev–Trinajstić information content (AvgIpc) is 2.84. The number of amides is 1. The van der Waals surface area contributed by atoms with E-state index in [0.717, 1.165) is 4.31 Å². The van der Waals surface area contributed by atoms with Crippen LogP contribution in [0, 0.1) is 0 Å². The van der Waals surface area contributed by atoms with Gasteiger partial charge in [-0.25, -0.2) is 12.7 Å². The van der Waals surface area contributed by atoms with Crippen LogP contribution in [0.25, 0.3) is 0 Å². The Labute approximate surface area is 116 Å². The third-order valence-electron chi connectivity index (χ3n) is 2.39. The Morgan fingerprint density at radius 1 is 1.35 bits per heavy atom. The third-order valence-corrected chi connectivity index (χ3v) is 4.08. The van der Waals surface area contributed by atoms with Gasteiger partial charge < -0.3 is 14.8 Å². The van der Waals surface area contributed by atoms with Crippen molar-refractivity contribution in [1.29, 1.82) is 0 Å². The molecule has 0 saturated heterocycles. The zero-order chi connectivity index (χ0) is 15.3. The number of hydrogen-bond acceptors (Lipinski definition) is 5. The fourth-order valence-electron chi connectivity index (χ4n) is 1.29. The molecule has 0 saturated carbocycles. The first-order valence-electron chi connectivity index (χ1n) is 5.77. The molecule has 0 aliphatic rings. The van der Waals surface area contributed by atoms with Crippen molar-refractivity contribution in [3.05, 3.63) is 17.9 Å². The number of aliphatic carboxylic acids is 1. The SMILES string of the molecule is CN(C)S(=O)(=O)c1ccc(C(=O)NCCCC(=O)O)o1. The fraction of sp³-hybridized carbons (Fsp3) is 0.455. The minimum atomic E-state index is -3.72. The smallest absolute Gasteiger partial charge is 0.303 e. The summed E-state index contributed by atoms with van der Waals surface area (Å²) >= 11 is 0. The third kappa shape index (κ3) is 4.07. The molecular weight excluding hydrogens is 288 g/mol. The summed E-state index contributed by atoms with van der Waals surface area (Å²) in [5.74, 6) is -1.67. The second-order valence-electron chi connectivity index (χ2n) is 4.16. The van der Waals surface area contributed by atoms with Gasteiger partial charge in [-0.05, 0) is 18.6 Å². The van der Waals surface area contributed by atoms with Crippen LogP contribution in [0.1, 0.15) is 23.4 Å². The molecule has 0 aliphatic heterocycles. The molecule has 2 N–H and O–H groups in total. The van der Waals surface area contributed by atoms with E-state index >= 15 is 0 Å². The molecule has 1 amide bonds. The van der Waals surface area contributed by atoms with Crippen LogP contribution in [-0.4, -0.2) is 50.3 Å². The lowest BCUT2D eigenvalue weighted by Gasteiger charge is -2.07. The average molecular weight is 304 g/mol. The molecular formula is C11H16N2O6S. The number of carboxylic acid groups (broad SMARTS) is 1. The number of rotatable bonds is 7.